The fourth-order valence-corrected chi connectivity index (χ4v) is 2.76. The van der Waals surface area contributed by atoms with Gasteiger partial charge in [0.15, 0.2) is 5.65 Å². The second-order valence-corrected chi connectivity index (χ2v) is 6.04. The van der Waals surface area contributed by atoms with Gasteiger partial charge >= 0.3 is 0 Å². The maximum absolute atomic E-state index is 13.0. The Kier molecular flexibility index (Phi) is 4.67. The Balaban J connectivity index is 1.47. The van der Waals surface area contributed by atoms with Crippen LogP contribution in [0.4, 0.5) is 4.39 Å². The van der Waals surface area contributed by atoms with Crippen LogP contribution in [0.1, 0.15) is 16.1 Å². The lowest BCUT2D eigenvalue weighted by molar-refractivity contribution is 0.0915. The molecule has 0 saturated heterocycles. The van der Waals surface area contributed by atoms with E-state index in [1.807, 2.05) is 0 Å². The van der Waals surface area contributed by atoms with E-state index in [4.69, 9.17) is 4.52 Å². The van der Waals surface area contributed by atoms with Gasteiger partial charge < -0.3 is 9.84 Å². The molecule has 0 radical (unpaired) electrons. The van der Waals surface area contributed by atoms with Gasteiger partial charge in [0.1, 0.15) is 17.5 Å². The van der Waals surface area contributed by atoms with Crippen molar-refractivity contribution in [1.82, 2.24) is 29.8 Å². The van der Waals surface area contributed by atoms with Gasteiger partial charge in [-0.2, -0.15) is 5.10 Å². The van der Waals surface area contributed by atoms with Crippen LogP contribution >= 0.6 is 0 Å². The number of carbonyl (C=O) groups is 1. The highest BCUT2D eigenvalue weighted by atomic mass is 19.1. The highest BCUT2D eigenvalue weighted by Crippen LogP contribution is 2.08. The van der Waals surface area contributed by atoms with Crippen LogP contribution in [-0.4, -0.2) is 36.9 Å². The molecule has 3 aromatic heterocycles. The van der Waals surface area contributed by atoms with Gasteiger partial charge in [-0.25, -0.2) is 14.1 Å². The van der Waals surface area contributed by atoms with Gasteiger partial charge in [-0.05, 0) is 17.7 Å². The number of halogens is 1. The zero-order chi connectivity index (χ0) is 19.5. The van der Waals surface area contributed by atoms with Crippen molar-refractivity contribution >= 4 is 16.9 Å². The molecule has 28 heavy (non-hydrogen) atoms. The molecule has 1 aromatic carbocycles. The third-order valence-corrected chi connectivity index (χ3v) is 4.16. The van der Waals surface area contributed by atoms with Crippen molar-refractivity contribution in [2.24, 2.45) is 0 Å². The zero-order valence-electron chi connectivity index (χ0n) is 14.6. The predicted molar refractivity (Wildman–Crippen MR) is 96.1 cm³/mol. The van der Waals surface area contributed by atoms with Crippen LogP contribution in [0, 0.1) is 5.82 Å². The quantitative estimate of drug-likeness (QED) is 0.537. The first-order valence-electron chi connectivity index (χ1n) is 8.46. The molecule has 1 amide bonds. The number of rotatable bonds is 6. The second-order valence-electron chi connectivity index (χ2n) is 6.04. The Morgan fingerprint density at radius 3 is 2.79 bits per heavy atom. The molecule has 0 aliphatic carbocycles. The van der Waals surface area contributed by atoms with Gasteiger partial charge in [0.2, 0.25) is 5.76 Å². The Morgan fingerprint density at radius 2 is 2.04 bits per heavy atom. The smallest absolute Gasteiger partial charge is 0.289 e. The number of fused-ring (bicyclic) bond motifs is 1. The van der Waals surface area contributed by atoms with E-state index in [9.17, 15) is 14.0 Å². The Morgan fingerprint density at radius 1 is 1.21 bits per heavy atom. The van der Waals surface area contributed by atoms with E-state index in [1.165, 1.54) is 41.5 Å². The first-order valence-corrected chi connectivity index (χ1v) is 8.46. The summed E-state index contributed by atoms with van der Waals surface area (Å²) in [6.45, 7) is 0.884. The van der Waals surface area contributed by atoms with Crippen LogP contribution in [-0.2, 0) is 13.1 Å². The standard InChI is InChI=1S/C18H15FN6O3/c19-13-3-1-12(2-4-13)10-24-11-21-16-14(18(24)27)9-22-25(16)8-7-20-17(26)15-5-6-23-28-15/h1-6,9,11H,7-8,10H2,(H,20,26). The molecule has 0 bridgehead atoms. The summed E-state index contributed by atoms with van der Waals surface area (Å²) < 4.78 is 20.8. The topological polar surface area (TPSA) is 108 Å². The van der Waals surface area contributed by atoms with Crippen molar-refractivity contribution in [3.8, 4) is 0 Å². The van der Waals surface area contributed by atoms with Crippen molar-refractivity contribution in [3.63, 3.8) is 0 Å². The van der Waals surface area contributed by atoms with E-state index in [0.29, 0.717) is 17.6 Å². The van der Waals surface area contributed by atoms with Crippen molar-refractivity contribution in [1.29, 1.82) is 0 Å². The molecular weight excluding hydrogens is 367 g/mol. The maximum Gasteiger partial charge on any atom is 0.289 e. The average molecular weight is 382 g/mol. The van der Waals surface area contributed by atoms with Crippen molar-refractivity contribution in [3.05, 3.63) is 76.5 Å². The summed E-state index contributed by atoms with van der Waals surface area (Å²) in [6, 6.07) is 7.39. The van der Waals surface area contributed by atoms with Gasteiger partial charge in [0.25, 0.3) is 11.5 Å². The molecule has 0 saturated carbocycles. The lowest BCUT2D eigenvalue weighted by Crippen LogP contribution is -2.27. The van der Waals surface area contributed by atoms with Crippen molar-refractivity contribution in [2.45, 2.75) is 13.1 Å². The summed E-state index contributed by atoms with van der Waals surface area (Å²) in [6.07, 6.45) is 4.26. The van der Waals surface area contributed by atoms with Crippen LogP contribution in [0.2, 0.25) is 0 Å². The predicted octanol–water partition coefficient (Wildman–Crippen LogP) is 1.20. The lowest BCUT2D eigenvalue weighted by atomic mass is 10.2. The number of amides is 1. The van der Waals surface area contributed by atoms with Gasteiger partial charge in [0.05, 0.1) is 25.5 Å². The minimum atomic E-state index is -0.386. The average Bonchev–Trinajstić information content (AvgIpc) is 3.36. The van der Waals surface area contributed by atoms with E-state index in [0.717, 1.165) is 5.56 Å². The summed E-state index contributed by atoms with van der Waals surface area (Å²) in [5, 5.41) is 10.7. The van der Waals surface area contributed by atoms with Crippen molar-refractivity contribution < 1.29 is 13.7 Å². The largest absolute Gasteiger partial charge is 0.351 e. The highest BCUT2D eigenvalue weighted by Gasteiger charge is 2.12. The minimum absolute atomic E-state index is 0.118. The summed E-state index contributed by atoms with van der Waals surface area (Å²) in [4.78, 5) is 28.8. The molecule has 0 aliphatic heterocycles. The first-order chi connectivity index (χ1) is 13.6. The number of nitrogens with zero attached hydrogens (tertiary/aromatic N) is 5. The number of carbonyl (C=O) groups excluding carboxylic acids is 1. The summed E-state index contributed by atoms with van der Waals surface area (Å²) in [5.74, 6) is -0.600. The summed E-state index contributed by atoms with van der Waals surface area (Å²) >= 11 is 0. The SMILES string of the molecule is O=C(NCCn1ncc2c(=O)n(Cc3ccc(F)cc3)cnc21)c1ccno1. The van der Waals surface area contributed by atoms with E-state index >= 15 is 0 Å². The molecule has 0 spiro atoms. The second kappa shape index (κ2) is 7.43. The Labute approximate surface area is 157 Å². The first kappa shape index (κ1) is 17.6. The van der Waals surface area contributed by atoms with Gasteiger partial charge in [0, 0.05) is 12.6 Å². The van der Waals surface area contributed by atoms with Crippen LogP contribution < -0.4 is 10.9 Å². The number of benzene rings is 1. The third-order valence-electron chi connectivity index (χ3n) is 4.16. The molecule has 4 rings (SSSR count). The van der Waals surface area contributed by atoms with E-state index in [-0.39, 0.29) is 36.1 Å². The van der Waals surface area contributed by atoms with Gasteiger partial charge in [-0.3, -0.25) is 14.2 Å². The highest BCUT2D eigenvalue weighted by molar-refractivity contribution is 5.91. The van der Waals surface area contributed by atoms with Crippen molar-refractivity contribution in [2.75, 3.05) is 6.54 Å². The molecule has 0 unspecified atom stereocenters. The number of hydrogen-bond donors (Lipinski definition) is 1. The van der Waals surface area contributed by atoms with Crippen LogP contribution in [0.5, 0.6) is 0 Å². The number of nitrogens with one attached hydrogen (secondary N) is 1. The molecule has 1 N–H and O–H groups in total. The minimum Gasteiger partial charge on any atom is -0.351 e. The summed E-state index contributed by atoms with van der Waals surface area (Å²) in [5.41, 5.74) is 0.965. The van der Waals surface area contributed by atoms with Gasteiger partial charge in [-0.15, -0.1) is 0 Å². The van der Waals surface area contributed by atoms with Crippen LogP contribution in [0.15, 0.2) is 58.4 Å². The molecule has 0 atom stereocenters. The molecule has 4 aromatic rings. The normalized spacial score (nSPS) is 11.0. The number of aromatic nitrogens is 5. The molecule has 0 aliphatic rings. The maximum atomic E-state index is 13.0. The van der Waals surface area contributed by atoms with Crippen LogP contribution in [0.3, 0.4) is 0 Å². The molecular formula is C18H15FN6O3. The van der Waals surface area contributed by atoms with Gasteiger partial charge in [-0.1, -0.05) is 17.3 Å². The zero-order valence-corrected chi connectivity index (χ0v) is 14.6. The fraction of sp³-hybridized carbons (Fsp3) is 0.167. The monoisotopic (exact) mass is 382 g/mol. The van der Waals surface area contributed by atoms with E-state index < -0.39 is 0 Å². The van der Waals surface area contributed by atoms with E-state index in [1.54, 1.807) is 16.8 Å². The van der Waals surface area contributed by atoms with E-state index in [2.05, 4.69) is 20.6 Å². The van der Waals surface area contributed by atoms with Crippen LogP contribution in [0.25, 0.3) is 11.0 Å². The lowest BCUT2D eigenvalue weighted by Gasteiger charge is -2.07. The Hall–Kier alpha value is -3.82. The molecule has 10 heteroatoms. The molecule has 3 heterocycles. The molecule has 9 nitrogen and oxygen atoms in total. The molecule has 142 valence electrons. The molecule has 0 fully saturated rings. The number of hydrogen-bond acceptors (Lipinski definition) is 6. The Bertz CT molecular complexity index is 1160. The third kappa shape index (κ3) is 3.52. The summed E-state index contributed by atoms with van der Waals surface area (Å²) in [7, 11) is 0. The fourth-order valence-electron chi connectivity index (χ4n) is 2.76.